The summed E-state index contributed by atoms with van der Waals surface area (Å²) < 4.78 is 39.5. The summed E-state index contributed by atoms with van der Waals surface area (Å²) in [4.78, 5) is 20.7. The van der Waals surface area contributed by atoms with E-state index in [9.17, 15) is 13.6 Å². The first-order valence-electron chi connectivity index (χ1n) is 11.2. The number of nitrogens with zero attached hydrogens (tertiary/aromatic N) is 3. The van der Waals surface area contributed by atoms with Crippen molar-refractivity contribution in [3.05, 3.63) is 77.7 Å². The number of halogens is 2. The fourth-order valence-electron chi connectivity index (χ4n) is 4.19. The maximum absolute atomic E-state index is 13.9. The molecule has 0 spiro atoms. The molecule has 3 heterocycles. The third-order valence-corrected chi connectivity index (χ3v) is 6.00. The standard InChI is InChI=1S/C26H23F2N5O3/c1-35-16-7-8-20-18(11-16)15(13-30-20)9-10-29-26(34)19-14-31-33-22(24(27)28)12-21(32-25(19)33)17-5-3-4-6-23(17)36-2/h3-8,11-14,24,30H,9-10H2,1-2H3,(H,29,34). The summed E-state index contributed by atoms with van der Waals surface area (Å²) in [5, 5.41) is 7.87. The van der Waals surface area contributed by atoms with E-state index in [1.165, 1.54) is 19.4 Å². The highest BCUT2D eigenvalue weighted by molar-refractivity contribution is 6.00. The van der Waals surface area contributed by atoms with Gasteiger partial charge in [0.15, 0.2) is 5.65 Å². The molecule has 184 valence electrons. The molecule has 5 rings (SSSR count). The van der Waals surface area contributed by atoms with Gasteiger partial charge in [-0.25, -0.2) is 18.3 Å². The van der Waals surface area contributed by atoms with E-state index < -0.39 is 12.3 Å². The number of carbonyl (C=O) groups is 1. The Morgan fingerprint density at radius 1 is 1.14 bits per heavy atom. The minimum absolute atomic E-state index is 0.0445. The zero-order chi connectivity index (χ0) is 25.2. The number of ether oxygens (including phenoxy) is 2. The van der Waals surface area contributed by atoms with E-state index in [4.69, 9.17) is 9.47 Å². The molecule has 36 heavy (non-hydrogen) atoms. The smallest absolute Gasteiger partial charge is 0.280 e. The van der Waals surface area contributed by atoms with Crippen molar-refractivity contribution in [1.29, 1.82) is 0 Å². The van der Waals surface area contributed by atoms with Crippen LogP contribution in [0.15, 0.2) is 60.9 Å². The molecule has 5 aromatic rings. The molecule has 0 radical (unpaired) electrons. The molecular weight excluding hydrogens is 468 g/mol. The van der Waals surface area contributed by atoms with Gasteiger partial charge in [0.1, 0.15) is 22.8 Å². The highest BCUT2D eigenvalue weighted by Gasteiger charge is 2.22. The molecule has 0 fully saturated rings. The van der Waals surface area contributed by atoms with E-state index in [0.717, 1.165) is 26.7 Å². The highest BCUT2D eigenvalue weighted by Crippen LogP contribution is 2.32. The van der Waals surface area contributed by atoms with E-state index in [-0.39, 0.29) is 22.6 Å². The molecule has 0 saturated carbocycles. The fourth-order valence-corrected chi connectivity index (χ4v) is 4.19. The maximum atomic E-state index is 13.9. The van der Waals surface area contributed by atoms with E-state index in [2.05, 4.69) is 20.4 Å². The molecule has 0 saturated heterocycles. The van der Waals surface area contributed by atoms with Crippen molar-refractivity contribution in [1.82, 2.24) is 24.9 Å². The van der Waals surface area contributed by atoms with Gasteiger partial charge in [-0.2, -0.15) is 5.10 Å². The minimum Gasteiger partial charge on any atom is -0.497 e. The van der Waals surface area contributed by atoms with Crippen LogP contribution in [0.5, 0.6) is 11.5 Å². The van der Waals surface area contributed by atoms with Crippen LogP contribution in [-0.4, -0.2) is 46.3 Å². The van der Waals surface area contributed by atoms with E-state index in [1.54, 1.807) is 31.4 Å². The number of alkyl halides is 2. The average Bonchev–Trinajstić information content (AvgIpc) is 3.51. The number of para-hydroxylation sites is 1. The van der Waals surface area contributed by atoms with Crippen LogP contribution < -0.4 is 14.8 Å². The lowest BCUT2D eigenvalue weighted by Gasteiger charge is -2.11. The summed E-state index contributed by atoms with van der Waals surface area (Å²) in [5.41, 5.74) is 2.56. The topological polar surface area (TPSA) is 93.5 Å². The van der Waals surface area contributed by atoms with Crippen LogP contribution in [0.1, 0.15) is 28.0 Å². The number of nitrogens with one attached hydrogen (secondary N) is 2. The van der Waals surface area contributed by atoms with Crippen LogP contribution in [0.4, 0.5) is 8.78 Å². The molecule has 0 aliphatic rings. The van der Waals surface area contributed by atoms with E-state index in [1.807, 2.05) is 24.4 Å². The zero-order valence-electron chi connectivity index (χ0n) is 19.6. The highest BCUT2D eigenvalue weighted by atomic mass is 19.3. The molecule has 2 N–H and O–H groups in total. The van der Waals surface area contributed by atoms with Crippen molar-refractivity contribution in [2.75, 3.05) is 20.8 Å². The number of hydrogen-bond acceptors (Lipinski definition) is 5. The van der Waals surface area contributed by atoms with Crippen molar-refractivity contribution in [2.24, 2.45) is 0 Å². The summed E-state index contributed by atoms with van der Waals surface area (Å²) in [6.45, 7) is 0.328. The molecule has 0 aliphatic heterocycles. The van der Waals surface area contributed by atoms with Crippen molar-refractivity contribution < 1.29 is 23.0 Å². The van der Waals surface area contributed by atoms with Gasteiger partial charge < -0.3 is 19.8 Å². The Morgan fingerprint density at radius 3 is 2.75 bits per heavy atom. The van der Waals surface area contributed by atoms with Gasteiger partial charge in [0.05, 0.1) is 26.1 Å². The Kier molecular flexibility index (Phi) is 6.24. The van der Waals surface area contributed by atoms with Crippen molar-refractivity contribution >= 4 is 22.5 Å². The third kappa shape index (κ3) is 4.21. The molecule has 3 aromatic heterocycles. The molecule has 0 atom stereocenters. The van der Waals surface area contributed by atoms with Gasteiger partial charge in [0.2, 0.25) is 0 Å². The molecule has 0 bridgehead atoms. The number of amides is 1. The van der Waals surface area contributed by atoms with Gasteiger partial charge in [-0.15, -0.1) is 0 Å². The van der Waals surface area contributed by atoms with Gasteiger partial charge >= 0.3 is 0 Å². The van der Waals surface area contributed by atoms with Crippen LogP contribution in [0.3, 0.4) is 0 Å². The number of aromatic nitrogens is 4. The van der Waals surface area contributed by atoms with Crippen molar-refractivity contribution in [3.63, 3.8) is 0 Å². The summed E-state index contributed by atoms with van der Waals surface area (Å²) in [5.74, 6) is 0.772. The molecule has 0 aliphatic carbocycles. The van der Waals surface area contributed by atoms with Crippen molar-refractivity contribution in [3.8, 4) is 22.8 Å². The van der Waals surface area contributed by atoms with Gasteiger partial charge in [-0.3, -0.25) is 4.79 Å². The molecular formula is C26H23F2N5O3. The summed E-state index contributed by atoms with van der Waals surface area (Å²) in [7, 11) is 3.10. The summed E-state index contributed by atoms with van der Waals surface area (Å²) >= 11 is 0. The first-order chi connectivity index (χ1) is 17.5. The van der Waals surface area contributed by atoms with Crippen LogP contribution >= 0.6 is 0 Å². The molecule has 0 unspecified atom stereocenters. The fraction of sp³-hybridized carbons (Fsp3) is 0.192. The lowest BCUT2D eigenvalue weighted by molar-refractivity contribution is 0.0955. The number of carbonyl (C=O) groups excluding carboxylic acids is 1. The van der Waals surface area contributed by atoms with Crippen LogP contribution in [0, 0.1) is 0 Å². The van der Waals surface area contributed by atoms with Crippen LogP contribution in [0.2, 0.25) is 0 Å². The molecule has 10 heteroatoms. The lowest BCUT2D eigenvalue weighted by Crippen LogP contribution is -2.25. The van der Waals surface area contributed by atoms with E-state index in [0.29, 0.717) is 24.3 Å². The molecule has 8 nitrogen and oxygen atoms in total. The van der Waals surface area contributed by atoms with Gasteiger partial charge in [-0.05, 0) is 48.4 Å². The monoisotopic (exact) mass is 491 g/mol. The van der Waals surface area contributed by atoms with Gasteiger partial charge in [0.25, 0.3) is 12.3 Å². The Labute approximate surface area is 204 Å². The Balaban J connectivity index is 1.42. The quantitative estimate of drug-likeness (QED) is 0.325. The molecule has 2 aromatic carbocycles. The molecule has 1 amide bonds. The minimum atomic E-state index is -2.82. The van der Waals surface area contributed by atoms with E-state index >= 15 is 0 Å². The first-order valence-corrected chi connectivity index (χ1v) is 11.2. The number of hydrogen-bond donors (Lipinski definition) is 2. The number of aromatic amines is 1. The summed E-state index contributed by atoms with van der Waals surface area (Å²) in [6.07, 6.45) is 0.882. The normalized spacial score (nSPS) is 11.4. The lowest BCUT2D eigenvalue weighted by atomic mass is 10.1. The van der Waals surface area contributed by atoms with Crippen molar-refractivity contribution in [2.45, 2.75) is 12.8 Å². The largest absolute Gasteiger partial charge is 0.497 e. The first kappa shape index (κ1) is 23.3. The average molecular weight is 491 g/mol. The Morgan fingerprint density at radius 2 is 1.97 bits per heavy atom. The second-order valence-electron chi connectivity index (χ2n) is 8.09. The van der Waals surface area contributed by atoms with Gasteiger partial charge in [-0.1, -0.05) is 12.1 Å². The SMILES string of the molecule is COc1ccc2[nH]cc(CCNC(=O)c3cnn4c(C(F)F)cc(-c5ccccc5OC)nc34)c2c1. The Bertz CT molecular complexity index is 1560. The number of H-pyrrole nitrogens is 1. The maximum Gasteiger partial charge on any atom is 0.280 e. The number of rotatable bonds is 8. The number of fused-ring (bicyclic) bond motifs is 2. The third-order valence-electron chi connectivity index (χ3n) is 6.00. The van der Waals surface area contributed by atoms with Gasteiger partial charge in [0, 0.05) is 29.2 Å². The second kappa shape index (κ2) is 9.65. The predicted octanol–water partition coefficient (Wildman–Crippen LogP) is 4.80. The zero-order valence-corrected chi connectivity index (χ0v) is 19.6. The second-order valence-corrected chi connectivity index (χ2v) is 8.09. The Hall–Kier alpha value is -4.47. The summed E-state index contributed by atoms with van der Waals surface area (Å²) in [6, 6.07) is 14.0. The number of methoxy groups -OCH3 is 2. The van der Waals surface area contributed by atoms with Crippen LogP contribution in [0.25, 0.3) is 27.8 Å². The number of benzene rings is 2. The van der Waals surface area contributed by atoms with Crippen LogP contribution in [-0.2, 0) is 6.42 Å². The predicted molar refractivity (Wildman–Crippen MR) is 131 cm³/mol.